The van der Waals surface area contributed by atoms with Crippen LogP contribution in [0.2, 0.25) is 0 Å². The zero-order valence-electron chi connectivity index (χ0n) is 19.0. The van der Waals surface area contributed by atoms with E-state index in [1.54, 1.807) is 6.07 Å². The molecule has 0 saturated carbocycles. The van der Waals surface area contributed by atoms with Gasteiger partial charge in [-0.1, -0.05) is 41.7 Å². The second kappa shape index (κ2) is 11.1. The first-order chi connectivity index (χ1) is 15.3. The Balaban J connectivity index is 1.83. The molecule has 3 aromatic rings. The number of carbonyl (C=O) groups excluding carboxylic acids is 1. The van der Waals surface area contributed by atoms with Crippen molar-refractivity contribution in [2.45, 2.75) is 26.3 Å². The minimum atomic E-state index is -0.150. The minimum Gasteiger partial charge on any atom is -0.309 e. The van der Waals surface area contributed by atoms with Gasteiger partial charge in [0.05, 0.1) is 23.2 Å². The predicted octanol–water partition coefficient (Wildman–Crippen LogP) is 3.09. The molecule has 170 valence electrons. The third kappa shape index (κ3) is 6.32. The van der Waals surface area contributed by atoms with Crippen molar-refractivity contribution in [1.82, 2.24) is 25.0 Å². The van der Waals surface area contributed by atoms with Crippen molar-refractivity contribution in [3.05, 3.63) is 52.8 Å². The van der Waals surface area contributed by atoms with Crippen LogP contribution in [0.5, 0.6) is 0 Å². The Hall–Kier alpha value is -2.88. The highest BCUT2D eigenvalue weighted by molar-refractivity contribution is 7.19. The summed E-state index contributed by atoms with van der Waals surface area (Å²) >= 11 is 1.35. The van der Waals surface area contributed by atoms with E-state index in [0.29, 0.717) is 10.8 Å². The van der Waals surface area contributed by atoms with Gasteiger partial charge >= 0.3 is 0 Å². The Kier molecular flexibility index (Phi) is 8.26. The van der Waals surface area contributed by atoms with E-state index in [1.807, 2.05) is 58.3 Å². The van der Waals surface area contributed by atoms with Crippen LogP contribution in [-0.4, -0.2) is 59.3 Å². The molecule has 3 rings (SSSR count). The Morgan fingerprint density at radius 3 is 2.59 bits per heavy atom. The first kappa shape index (κ1) is 23.8. The number of benzene rings is 1. The number of carbonyl (C=O) groups is 1. The number of hydrogen-bond donors (Lipinski definition) is 2. The van der Waals surface area contributed by atoms with Crippen molar-refractivity contribution in [3.63, 3.8) is 0 Å². The van der Waals surface area contributed by atoms with Gasteiger partial charge in [0.2, 0.25) is 5.91 Å². The van der Waals surface area contributed by atoms with Crippen molar-refractivity contribution >= 4 is 22.4 Å². The van der Waals surface area contributed by atoms with Crippen LogP contribution in [-0.2, 0) is 4.79 Å². The van der Waals surface area contributed by atoms with Gasteiger partial charge in [-0.15, -0.1) is 0 Å². The molecule has 0 fully saturated rings. The molecule has 2 heterocycles. The fraction of sp³-hybridized carbons (Fsp3) is 0.391. The van der Waals surface area contributed by atoms with Gasteiger partial charge < -0.3 is 15.5 Å². The fourth-order valence-electron chi connectivity index (χ4n) is 3.14. The minimum absolute atomic E-state index is 0.0618. The maximum atomic E-state index is 12.4. The maximum Gasteiger partial charge on any atom is 0.267 e. The van der Waals surface area contributed by atoms with E-state index < -0.39 is 0 Å². The van der Waals surface area contributed by atoms with Gasteiger partial charge in [-0.3, -0.25) is 9.59 Å². The van der Waals surface area contributed by atoms with Crippen LogP contribution in [0.4, 0.5) is 5.13 Å². The van der Waals surface area contributed by atoms with Crippen molar-refractivity contribution in [2.24, 2.45) is 0 Å². The van der Waals surface area contributed by atoms with E-state index in [-0.39, 0.29) is 24.1 Å². The summed E-state index contributed by atoms with van der Waals surface area (Å²) in [5.74, 6) is -0.144. The van der Waals surface area contributed by atoms with Crippen LogP contribution in [0.15, 0.2) is 47.3 Å². The molecule has 1 amide bonds. The van der Waals surface area contributed by atoms with E-state index in [4.69, 9.17) is 0 Å². The van der Waals surface area contributed by atoms with E-state index in [9.17, 15) is 9.59 Å². The van der Waals surface area contributed by atoms with Gasteiger partial charge in [-0.25, -0.2) is 9.67 Å². The standard InChI is InChI=1S/C23H30N6O2S/c1-16(2)29-20(31)12-11-18(27-29)22-21(17-9-6-5-7-10-17)26-23(32-22)25-19(30)15-24-13-8-14-28(3)4/h5-7,9-12,16,24H,8,13-15H2,1-4H3,(H,25,26,30). The van der Waals surface area contributed by atoms with Gasteiger partial charge in [-0.2, -0.15) is 5.10 Å². The normalized spacial score (nSPS) is 11.3. The number of anilines is 1. The summed E-state index contributed by atoms with van der Waals surface area (Å²) in [5, 5.41) is 11.1. The SMILES string of the molecule is CC(C)n1nc(-c2sc(NC(=O)CNCCCN(C)C)nc2-c2ccccc2)ccc1=O. The lowest BCUT2D eigenvalue weighted by Crippen LogP contribution is -2.30. The zero-order valence-corrected chi connectivity index (χ0v) is 19.8. The molecule has 0 aliphatic carbocycles. The van der Waals surface area contributed by atoms with E-state index >= 15 is 0 Å². The number of amides is 1. The molecule has 8 nitrogen and oxygen atoms in total. The number of hydrogen-bond acceptors (Lipinski definition) is 7. The number of nitrogens with zero attached hydrogens (tertiary/aromatic N) is 4. The third-order valence-corrected chi connectivity index (χ3v) is 5.71. The molecule has 0 bridgehead atoms. The average Bonchev–Trinajstić information content (AvgIpc) is 3.17. The first-order valence-corrected chi connectivity index (χ1v) is 11.5. The van der Waals surface area contributed by atoms with Gasteiger partial charge in [0.15, 0.2) is 5.13 Å². The average molecular weight is 455 g/mol. The molecular formula is C23H30N6O2S. The summed E-state index contributed by atoms with van der Waals surface area (Å²) in [7, 11) is 4.05. The molecule has 0 radical (unpaired) electrons. The van der Waals surface area contributed by atoms with Crippen molar-refractivity contribution in [1.29, 1.82) is 0 Å². The second-order valence-corrected chi connectivity index (χ2v) is 9.04. The summed E-state index contributed by atoms with van der Waals surface area (Å²) in [6.45, 7) is 5.79. The second-order valence-electron chi connectivity index (χ2n) is 8.04. The number of aromatic nitrogens is 3. The Morgan fingerprint density at radius 1 is 1.16 bits per heavy atom. The molecule has 0 aliphatic rings. The molecule has 1 aromatic carbocycles. The summed E-state index contributed by atoms with van der Waals surface area (Å²) in [4.78, 5) is 32.2. The third-order valence-electron chi connectivity index (χ3n) is 4.71. The van der Waals surface area contributed by atoms with E-state index in [2.05, 4.69) is 25.6 Å². The Labute approximate surface area is 192 Å². The molecule has 0 spiro atoms. The summed E-state index contributed by atoms with van der Waals surface area (Å²) < 4.78 is 1.46. The highest BCUT2D eigenvalue weighted by Crippen LogP contribution is 2.37. The molecule has 2 N–H and O–H groups in total. The fourth-order valence-corrected chi connectivity index (χ4v) is 4.11. The number of thiazole rings is 1. The summed E-state index contributed by atoms with van der Waals surface area (Å²) in [5.41, 5.74) is 2.15. The molecule has 2 aromatic heterocycles. The lowest BCUT2D eigenvalue weighted by Gasteiger charge is -2.09. The summed E-state index contributed by atoms with van der Waals surface area (Å²) in [6.07, 6.45) is 0.969. The van der Waals surface area contributed by atoms with Gasteiger partial charge in [0.25, 0.3) is 5.56 Å². The number of nitrogens with one attached hydrogen (secondary N) is 2. The molecule has 0 saturated heterocycles. The largest absolute Gasteiger partial charge is 0.309 e. The lowest BCUT2D eigenvalue weighted by atomic mass is 10.1. The van der Waals surface area contributed by atoms with Crippen LogP contribution in [0, 0.1) is 0 Å². The number of rotatable bonds is 10. The van der Waals surface area contributed by atoms with Crippen LogP contribution in [0.3, 0.4) is 0 Å². The summed E-state index contributed by atoms with van der Waals surface area (Å²) in [6, 6.07) is 12.9. The smallest absolute Gasteiger partial charge is 0.267 e. The van der Waals surface area contributed by atoms with Crippen LogP contribution >= 0.6 is 11.3 Å². The van der Waals surface area contributed by atoms with Crippen LogP contribution in [0.1, 0.15) is 26.3 Å². The molecule has 0 unspecified atom stereocenters. The monoisotopic (exact) mass is 454 g/mol. The molecular weight excluding hydrogens is 424 g/mol. The Bertz CT molecular complexity index is 1090. The highest BCUT2D eigenvalue weighted by atomic mass is 32.1. The molecule has 32 heavy (non-hydrogen) atoms. The van der Waals surface area contributed by atoms with E-state index in [1.165, 1.54) is 22.1 Å². The van der Waals surface area contributed by atoms with Crippen molar-refractivity contribution in [2.75, 3.05) is 39.0 Å². The molecule has 0 aliphatic heterocycles. The topological polar surface area (TPSA) is 92.2 Å². The maximum absolute atomic E-state index is 12.4. The van der Waals surface area contributed by atoms with E-state index in [0.717, 1.165) is 35.6 Å². The van der Waals surface area contributed by atoms with Crippen molar-refractivity contribution < 1.29 is 4.79 Å². The highest BCUT2D eigenvalue weighted by Gasteiger charge is 2.18. The van der Waals surface area contributed by atoms with Crippen molar-refractivity contribution in [3.8, 4) is 21.8 Å². The Morgan fingerprint density at radius 2 is 1.91 bits per heavy atom. The molecule has 9 heteroatoms. The van der Waals surface area contributed by atoms with Crippen LogP contribution < -0.4 is 16.2 Å². The van der Waals surface area contributed by atoms with Crippen LogP contribution in [0.25, 0.3) is 21.8 Å². The predicted molar refractivity (Wildman–Crippen MR) is 130 cm³/mol. The van der Waals surface area contributed by atoms with Gasteiger partial charge in [-0.05, 0) is 53.5 Å². The lowest BCUT2D eigenvalue weighted by molar-refractivity contribution is -0.115. The van der Waals surface area contributed by atoms with Gasteiger partial charge in [0.1, 0.15) is 5.69 Å². The zero-order chi connectivity index (χ0) is 23.1. The van der Waals surface area contributed by atoms with Gasteiger partial charge in [0, 0.05) is 11.6 Å². The molecule has 0 atom stereocenters. The first-order valence-electron chi connectivity index (χ1n) is 10.7. The quantitative estimate of drug-likeness (QED) is 0.458.